The maximum absolute atomic E-state index is 14.7. The van der Waals surface area contributed by atoms with Gasteiger partial charge in [0.25, 0.3) is 0 Å². The van der Waals surface area contributed by atoms with E-state index in [0.717, 1.165) is 11.1 Å². The number of nitrogens with zero attached hydrogens (tertiary/aromatic N) is 7. The molecule has 13 heteroatoms. The molecule has 45 heavy (non-hydrogen) atoms. The van der Waals surface area contributed by atoms with Crippen molar-refractivity contribution in [1.29, 1.82) is 0 Å². The highest BCUT2D eigenvalue weighted by atomic mass is 35.5. The second-order valence-electron chi connectivity index (χ2n) is 10.9. The fourth-order valence-electron chi connectivity index (χ4n) is 5.39. The molecular formula is C32H37Cl2N7O4. The minimum absolute atomic E-state index is 0.0244. The highest BCUT2D eigenvalue weighted by Crippen LogP contribution is 2.45. The number of hydrogen-bond donors (Lipinski definition) is 0. The molecule has 0 bridgehead atoms. The Balaban J connectivity index is 1.58. The predicted molar refractivity (Wildman–Crippen MR) is 173 cm³/mol. The van der Waals surface area contributed by atoms with Crippen LogP contribution in [-0.2, 0) is 4.79 Å². The van der Waals surface area contributed by atoms with Crippen LogP contribution in [0.2, 0.25) is 10.0 Å². The van der Waals surface area contributed by atoms with Gasteiger partial charge < -0.3 is 19.3 Å². The van der Waals surface area contributed by atoms with E-state index in [9.17, 15) is 9.59 Å². The molecule has 2 unspecified atom stereocenters. The minimum Gasteiger partial charge on any atom is -0.477 e. The van der Waals surface area contributed by atoms with E-state index in [1.54, 1.807) is 35.0 Å². The van der Waals surface area contributed by atoms with Crippen molar-refractivity contribution in [2.75, 3.05) is 60.0 Å². The normalized spacial score (nSPS) is 18.5. The van der Waals surface area contributed by atoms with Gasteiger partial charge in [-0.15, -0.1) is 0 Å². The lowest BCUT2D eigenvalue weighted by molar-refractivity contribution is -0.130. The fourth-order valence-corrected chi connectivity index (χ4v) is 5.64. The van der Waals surface area contributed by atoms with E-state index in [0.29, 0.717) is 67.4 Å². The van der Waals surface area contributed by atoms with Crippen LogP contribution in [0.4, 0.5) is 4.79 Å². The number of likely N-dealkylation sites (N-methyl/N-ethyl adjacent to an activating group) is 1. The largest absolute Gasteiger partial charge is 0.477 e. The molecule has 0 aliphatic carbocycles. The quantitative estimate of drug-likeness (QED) is 0.322. The van der Waals surface area contributed by atoms with Gasteiger partial charge in [0, 0.05) is 56.5 Å². The van der Waals surface area contributed by atoms with Crippen molar-refractivity contribution in [3.05, 3.63) is 81.5 Å². The van der Waals surface area contributed by atoms with Gasteiger partial charge in [0.15, 0.2) is 0 Å². The number of hydrogen-bond acceptors (Lipinski definition) is 8. The molecule has 238 valence electrons. The second-order valence-corrected chi connectivity index (χ2v) is 11.8. The number of urea groups is 1. The summed E-state index contributed by atoms with van der Waals surface area (Å²) < 4.78 is 11.5. The lowest BCUT2D eigenvalue weighted by atomic mass is 9.94. The Hall–Kier alpha value is -3.93. The Morgan fingerprint density at radius 3 is 2.07 bits per heavy atom. The number of benzene rings is 2. The molecule has 3 heterocycles. The number of carbonyl (C=O) groups is 2. The predicted octanol–water partition coefficient (Wildman–Crippen LogP) is 4.95. The summed E-state index contributed by atoms with van der Waals surface area (Å²) in [6.07, 6.45) is 1.59. The molecular weight excluding hydrogens is 617 g/mol. The monoisotopic (exact) mass is 653 g/mol. The Morgan fingerprint density at radius 1 is 0.889 bits per heavy atom. The molecule has 2 aromatic carbocycles. The first-order valence-corrected chi connectivity index (χ1v) is 15.7. The Morgan fingerprint density at radius 2 is 1.49 bits per heavy atom. The summed E-state index contributed by atoms with van der Waals surface area (Å²) in [5.74, 6) is 0.680. The first kappa shape index (κ1) is 32.5. The first-order valence-electron chi connectivity index (χ1n) is 14.9. The Labute approximate surface area is 273 Å². The van der Waals surface area contributed by atoms with E-state index in [1.807, 2.05) is 62.4 Å². The third-order valence-electron chi connectivity index (χ3n) is 7.72. The van der Waals surface area contributed by atoms with E-state index in [1.165, 1.54) is 0 Å². The van der Waals surface area contributed by atoms with Crippen LogP contribution in [0.1, 0.15) is 42.6 Å². The van der Waals surface area contributed by atoms with Crippen LogP contribution >= 0.6 is 23.2 Å². The number of aromatic nitrogens is 2. The molecule has 0 spiro atoms. The molecule has 3 amide bonds. The lowest BCUT2D eigenvalue weighted by Crippen LogP contribution is -2.55. The fraction of sp³-hybridized carbons (Fsp3) is 0.406. The zero-order valence-electron chi connectivity index (χ0n) is 25.8. The summed E-state index contributed by atoms with van der Waals surface area (Å²) in [6.45, 7) is 6.76. The van der Waals surface area contributed by atoms with Gasteiger partial charge >= 0.3 is 12.0 Å². The smallest absolute Gasteiger partial charge is 0.326 e. The van der Waals surface area contributed by atoms with Crippen molar-refractivity contribution in [2.24, 2.45) is 4.99 Å². The summed E-state index contributed by atoms with van der Waals surface area (Å²) in [6, 6.07) is 13.9. The number of piperazine rings is 1. The average Bonchev–Trinajstić information content (AvgIpc) is 3.42. The Bertz CT molecular complexity index is 1530. The summed E-state index contributed by atoms with van der Waals surface area (Å²) in [4.78, 5) is 48.3. The summed E-state index contributed by atoms with van der Waals surface area (Å²) in [5.41, 5.74) is 2.20. The van der Waals surface area contributed by atoms with Crippen molar-refractivity contribution >= 4 is 41.0 Å². The van der Waals surface area contributed by atoms with Gasteiger partial charge in [-0.05, 0) is 49.2 Å². The van der Waals surface area contributed by atoms with E-state index < -0.39 is 12.1 Å². The first-order chi connectivity index (χ1) is 21.7. The van der Waals surface area contributed by atoms with E-state index >= 15 is 0 Å². The number of aliphatic imine (C=N–C) groups is 1. The van der Waals surface area contributed by atoms with Crippen molar-refractivity contribution in [2.45, 2.75) is 25.9 Å². The van der Waals surface area contributed by atoms with Gasteiger partial charge in [-0.25, -0.2) is 9.78 Å². The molecule has 11 nitrogen and oxygen atoms in total. The van der Waals surface area contributed by atoms with Crippen LogP contribution in [0.25, 0.3) is 0 Å². The number of amides is 3. The van der Waals surface area contributed by atoms with Gasteiger partial charge in [0.05, 0.1) is 31.4 Å². The van der Waals surface area contributed by atoms with E-state index in [2.05, 4.69) is 14.9 Å². The Kier molecular flexibility index (Phi) is 10.4. The van der Waals surface area contributed by atoms with Gasteiger partial charge in [-0.2, -0.15) is 4.98 Å². The zero-order chi connectivity index (χ0) is 32.1. The number of amidine groups is 1. The van der Waals surface area contributed by atoms with Crippen LogP contribution in [0.3, 0.4) is 0 Å². The third-order valence-corrected chi connectivity index (χ3v) is 8.23. The van der Waals surface area contributed by atoms with Crippen LogP contribution in [0.5, 0.6) is 11.9 Å². The molecule has 5 rings (SSSR count). The van der Waals surface area contributed by atoms with Gasteiger partial charge in [0.2, 0.25) is 11.8 Å². The molecule has 2 atom stereocenters. The summed E-state index contributed by atoms with van der Waals surface area (Å²) in [7, 11) is 3.48. The van der Waals surface area contributed by atoms with Crippen molar-refractivity contribution < 1.29 is 19.1 Å². The van der Waals surface area contributed by atoms with Crippen molar-refractivity contribution in [3.63, 3.8) is 0 Å². The van der Waals surface area contributed by atoms with Crippen LogP contribution in [-0.4, -0.2) is 107 Å². The molecule has 1 saturated heterocycles. The zero-order valence-corrected chi connectivity index (χ0v) is 27.3. The van der Waals surface area contributed by atoms with Crippen molar-refractivity contribution in [1.82, 2.24) is 29.6 Å². The maximum atomic E-state index is 14.7. The average molecular weight is 655 g/mol. The molecule has 1 fully saturated rings. The minimum atomic E-state index is -0.527. The summed E-state index contributed by atoms with van der Waals surface area (Å²) in [5, 5.41) is 1.18. The summed E-state index contributed by atoms with van der Waals surface area (Å²) >= 11 is 12.5. The molecule has 0 saturated carbocycles. The number of halogens is 2. The number of carbonyl (C=O) groups excluding carboxylic acids is 2. The molecule has 2 aliphatic rings. The molecule has 2 aliphatic heterocycles. The molecule has 1 aromatic heterocycles. The third kappa shape index (κ3) is 7.32. The van der Waals surface area contributed by atoms with E-state index in [-0.39, 0.29) is 23.8 Å². The van der Waals surface area contributed by atoms with Gasteiger partial charge in [0.1, 0.15) is 11.9 Å². The van der Waals surface area contributed by atoms with Crippen LogP contribution in [0.15, 0.2) is 59.7 Å². The number of rotatable bonds is 9. The van der Waals surface area contributed by atoms with Crippen molar-refractivity contribution in [3.8, 4) is 11.9 Å². The van der Waals surface area contributed by atoms with Gasteiger partial charge in [-0.1, -0.05) is 47.5 Å². The number of ether oxygens (including phenoxy) is 2. The molecule has 3 aromatic rings. The lowest BCUT2D eigenvalue weighted by Gasteiger charge is -2.39. The highest BCUT2D eigenvalue weighted by Gasteiger charge is 2.45. The standard InChI is InChI=1S/C32H37Cl2N7O4/c1-5-44-30-25(19-35-31(37-30)45-6-2)29-36-27(21-7-11-23(33)12-8-21)28(22-9-13-24(34)14-10-22)41(29)32(43)40-17-15-39(16-18-40)20-26(42)38(3)4/h7-14,19,27-28H,5-6,15-18,20H2,1-4H3. The molecule has 0 radical (unpaired) electrons. The SMILES string of the molecule is CCOc1ncc(C2=NC(c3ccc(Cl)cc3)C(c3ccc(Cl)cc3)N2C(=O)N2CCN(CC(=O)N(C)C)CC2)c(OCC)n1. The second kappa shape index (κ2) is 14.4. The van der Waals surface area contributed by atoms with Crippen LogP contribution < -0.4 is 9.47 Å². The van der Waals surface area contributed by atoms with Crippen LogP contribution in [0, 0.1) is 0 Å². The maximum Gasteiger partial charge on any atom is 0.326 e. The molecule has 0 N–H and O–H groups in total. The topological polar surface area (TPSA) is 104 Å². The van der Waals surface area contributed by atoms with Gasteiger partial charge in [-0.3, -0.25) is 19.6 Å². The highest BCUT2D eigenvalue weighted by molar-refractivity contribution is 6.30. The van der Waals surface area contributed by atoms with E-state index in [4.69, 9.17) is 37.7 Å².